The minimum atomic E-state index is -0.441. The Morgan fingerprint density at radius 1 is 1.64 bits per heavy atom. The Kier molecular flexibility index (Phi) is 2.41. The molecule has 1 fully saturated rings. The summed E-state index contributed by atoms with van der Waals surface area (Å²) >= 11 is 1.12. The molecule has 0 aliphatic carbocycles. The van der Waals surface area contributed by atoms with Crippen LogP contribution in [0, 0.1) is 5.92 Å². The molecule has 74 valence electrons. The molecule has 1 unspecified atom stereocenters. The summed E-state index contributed by atoms with van der Waals surface area (Å²) in [6.07, 6.45) is 4.03. The zero-order valence-corrected chi connectivity index (χ0v) is 8.58. The van der Waals surface area contributed by atoms with Gasteiger partial charge in [-0.25, -0.2) is 0 Å². The fourth-order valence-electron chi connectivity index (χ4n) is 1.49. The molecule has 0 N–H and O–H groups in total. The van der Waals surface area contributed by atoms with Crippen LogP contribution in [0.1, 0.15) is 5.56 Å². The summed E-state index contributed by atoms with van der Waals surface area (Å²) in [6.45, 7) is 0. The molecular weight excluding hydrogens is 200 g/mol. The maximum Gasteiger partial charge on any atom is 0.200 e. The first kappa shape index (κ1) is 9.45. The Morgan fingerprint density at radius 3 is 2.93 bits per heavy atom. The lowest BCUT2D eigenvalue weighted by atomic mass is 10.00. The number of carbonyl (C=O) groups excluding carboxylic acids is 2. The van der Waals surface area contributed by atoms with E-state index in [-0.39, 0.29) is 10.9 Å². The summed E-state index contributed by atoms with van der Waals surface area (Å²) in [5, 5.41) is 3.99. The van der Waals surface area contributed by atoms with Crippen LogP contribution in [-0.4, -0.2) is 26.4 Å². The van der Waals surface area contributed by atoms with E-state index in [9.17, 15) is 9.59 Å². The van der Waals surface area contributed by atoms with Gasteiger partial charge in [0.2, 0.25) is 0 Å². The van der Waals surface area contributed by atoms with Crippen molar-refractivity contribution in [3.05, 3.63) is 18.0 Å². The molecule has 0 saturated carbocycles. The standard InChI is InChI=1S/C9H10N2O2S/c1-11-4-6(3-10-11)2-7-8(12)5-14-9(7)13/h3-4,7H,2,5H2,1H3. The molecule has 1 atom stereocenters. The van der Waals surface area contributed by atoms with Crippen molar-refractivity contribution < 1.29 is 9.59 Å². The molecule has 4 nitrogen and oxygen atoms in total. The maximum absolute atomic E-state index is 11.3. The fraction of sp³-hybridized carbons (Fsp3) is 0.444. The largest absolute Gasteiger partial charge is 0.298 e. The van der Waals surface area contributed by atoms with Crippen molar-refractivity contribution in [2.75, 3.05) is 5.75 Å². The van der Waals surface area contributed by atoms with E-state index in [1.54, 1.807) is 10.9 Å². The Balaban J connectivity index is 2.10. The van der Waals surface area contributed by atoms with E-state index in [1.807, 2.05) is 13.2 Å². The van der Waals surface area contributed by atoms with Crippen LogP contribution in [0.15, 0.2) is 12.4 Å². The van der Waals surface area contributed by atoms with Crippen molar-refractivity contribution in [2.24, 2.45) is 13.0 Å². The van der Waals surface area contributed by atoms with Gasteiger partial charge in [-0.1, -0.05) is 11.8 Å². The van der Waals surface area contributed by atoms with Crippen molar-refractivity contribution in [3.63, 3.8) is 0 Å². The Morgan fingerprint density at radius 2 is 2.43 bits per heavy atom. The molecule has 5 heteroatoms. The number of rotatable bonds is 2. The third-order valence-electron chi connectivity index (χ3n) is 2.23. The highest BCUT2D eigenvalue weighted by Crippen LogP contribution is 2.25. The second kappa shape index (κ2) is 3.57. The van der Waals surface area contributed by atoms with Gasteiger partial charge in [0.15, 0.2) is 10.9 Å². The van der Waals surface area contributed by atoms with Crippen molar-refractivity contribution >= 4 is 22.7 Å². The predicted octanol–water partition coefficient (Wildman–Crippen LogP) is 0.421. The van der Waals surface area contributed by atoms with Crippen LogP contribution in [0.3, 0.4) is 0 Å². The van der Waals surface area contributed by atoms with E-state index >= 15 is 0 Å². The SMILES string of the molecule is Cn1cc(CC2C(=O)CSC2=O)cn1. The molecule has 1 aliphatic rings. The van der Waals surface area contributed by atoms with E-state index in [0.717, 1.165) is 17.3 Å². The van der Waals surface area contributed by atoms with Crippen LogP contribution in [0.5, 0.6) is 0 Å². The van der Waals surface area contributed by atoms with Crippen LogP contribution >= 0.6 is 11.8 Å². The van der Waals surface area contributed by atoms with Gasteiger partial charge in [-0.2, -0.15) is 5.10 Å². The van der Waals surface area contributed by atoms with E-state index in [2.05, 4.69) is 5.10 Å². The van der Waals surface area contributed by atoms with Crippen LogP contribution in [0.4, 0.5) is 0 Å². The molecule has 1 aromatic rings. The first-order valence-electron chi connectivity index (χ1n) is 4.33. The summed E-state index contributed by atoms with van der Waals surface area (Å²) in [5.74, 6) is -0.0583. The number of thioether (sulfide) groups is 1. The van der Waals surface area contributed by atoms with Gasteiger partial charge in [-0.05, 0) is 12.0 Å². The van der Waals surface area contributed by atoms with Gasteiger partial charge in [0.1, 0.15) is 0 Å². The zero-order valence-electron chi connectivity index (χ0n) is 7.77. The lowest BCUT2D eigenvalue weighted by molar-refractivity contribution is -0.125. The molecule has 0 aromatic carbocycles. The molecule has 1 aliphatic heterocycles. The van der Waals surface area contributed by atoms with Crippen molar-refractivity contribution in [3.8, 4) is 0 Å². The van der Waals surface area contributed by atoms with E-state index in [0.29, 0.717) is 12.2 Å². The van der Waals surface area contributed by atoms with E-state index < -0.39 is 5.92 Å². The van der Waals surface area contributed by atoms with Crippen molar-refractivity contribution in [1.82, 2.24) is 9.78 Å². The fourth-order valence-corrected chi connectivity index (χ4v) is 2.39. The molecular formula is C9H10N2O2S. The highest BCUT2D eigenvalue weighted by atomic mass is 32.2. The minimum Gasteiger partial charge on any atom is -0.298 e. The molecule has 2 heterocycles. The molecule has 0 bridgehead atoms. The number of hydrogen-bond acceptors (Lipinski definition) is 4. The number of hydrogen-bond donors (Lipinski definition) is 0. The van der Waals surface area contributed by atoms with Gasteiger partial charge in [-0.15, -0.1) is 0 Å². The van der Waals surface area contributed by atoms with Gasteiger partial charge in [-0.3, -0.25) is 14.3 Å². The summed E-state index contributed by atoms with van der Waals surface area (Å²) < 4.78 is 1.67. The first-order chi connectivity index (χ1) is 6.66. The molecule has 1 aromatic heterocycles. The monoisotopic (exact) mass is 210 g/mol. The molecule has 14 heavy (non-hydrogen) atoms. The number of aromatic nitrogens is 2. The van der Waals surface area contributed by atoms with E-state index in [1.165, 1.54) is 0 Å². The second-order valence-corrected chi connectivity index (χ2v) is 4.33. The van der Waals surface area contributed by atoms with Crippen LogP contribution in [0.2, 0.25) is 0 Å². The summed E-state index contributed by atoms with van der Waals surface area (Å²) in [6, 6.07) is 0. The second-order valence-electron chi connectivity index (χ2n) is 3.35. The normalized spacial score (nSPS) is 21.9. The smallest absolute Gasteiger partial charge is 0.200 e. The minimum absolute atomic E-state index is 0.00106. The lowest BCUT2D eigenvalue weighted by Crippen LogP contribution is -2.17. The number of carbonyl (C=O) groups is 2. The zero-order chi connectivity index (χ0) is 10.1. The van der Waals surface area contributed by atoms with Gasteiger partial charge < -0.3 is 0 Å². The Labute approximate surface area is 85.7 Å². The van der Waals surface area contributed by atoms with Gasteiger partial charge in [0.05, 0.1) is 17.9 Å². The molecule has 1 saturated heterocycles. The molecule has 0 spiro atoms. The summed E-state index contributed by atoms with van der Waals surface area (Å²) in [7, 11) is 1.82. The van der Waals surface area contributed by atoms with Crippen LogP contribution in [-0.2, 0) is 23.1 Å². The van der Waals surface area contributed by atoms with Crippen molar-refractivity contribution in [1.29, 1.82) is 0 Å². The highest BCUT2D eigenvalue weighted by Gasteiger charge is 2.33. The number of Topliss-reactive ketones (excluding diaryl/α,β-unsaturated/α-hetero) is 1. The summed E-state index contributed by atoms with van der Waals surface area (Å²) in [4.78, 5) is 22.6. The third-order valence-corrected chi connectivity index (χ3v) is 3.23. The summed E-state index contributed by atoms with van der Waals surface area (Å²) in [5.41, 5.74) is 0.946. The van der Waals surface area contributed by atoms with Gasteiger partial charge in [0.25, 0.3) is 0 Å². The van der Waals surface area contributed by atoms with Crippen LogP contribution < -0.4 is 0 Å². The Hall–Kier alpha value is -1.10. The Bertz CT molecular complexity index is 370. The van der Waals surface area contributed by atoms with E-state index in [4.69, 9.17) is 0 Å². The number of aryl methyl sites for hydroxylation is 1. The van der Waals surface area contributed by atoms with Gasteiger partial charge in [0, 0.05) is 13.2 Å². The van der Waals surface area contributed by atoms with Crippen molar-refractivity contribution in [2.45, 2.75) is 6.42 Å². The predicted molar refractivity (Wildman–Crippen MR) is 52.9 cm³/mol. The topological polar surface area (TPSA) is 52.0 Å². The third kappa shape index (κ3) is 1.72. The molecule has 0 radical (unpaired) electrons. The maximum atomic E-state index is 11.3. The van der Waals surface area contributed by atoms with Crippen LogP contribution in [0.25, 0.3) is 0 Å². The highest BCUT2D eigenvalue weighted by molar-refractivity contribution is 8.15. The average Bonchev–Trinajstić information content (AvgIpc) is 2.67. The quantitative estimate of drug-likeness (QED) is 0.664. The number of ketones is 1. The molecule has 0 amide bonds. The number of nitrogens with zero attached hydrogens (tertiary/aromatic N) is 2. The van der Waals surface area contributed by atoms with Gasteiger partial charge >= 0.3 is 0 Å². The first-order valence-corrected chi connectivity index (χ1v) is 5.32. The molecule has 2 rings (SSSR count). The lowest BCUT2D eigenvalue weighted by Gasteiger charge is -2.01. The average molecular weight is 210 g/mol.